The molecule has 0 aromatic heterocycles. The third-order valence-corrected chi connectivity index (χ3v) is 7.35. The summed E-state index contributed by atoms with van der Waals surface area (Å²) in [6.45, 7) is 2.12. The summed E-state index contributed by atoms with van der Waals surface area (Å²) in [5.74, 6) is 0. The highest BCUT2D eigenvalue weighted by Gasteiger charge is 2.51. The Morgan fingerprint density at radius 3 is 1.64 bits per heavy atom. The summed E-state index contributed by atoms with van der Waals surface area (Å²) in [7, 11) is 0. The highest BCUT2D eigenvalue weighted by atomic mass is 14.9. The smallest absolute Gasteiger partial charge is 0.0726 e. The molecule has 0 aliphatic heterocycles. The van der Waals surface area contributed by atoms with Gasteiger partial charge in [-0.3, -0.25) is 0 Å². The Balaban J connectivity index is 1.56. The molecule has 0 radical (unpaired) electrons. The van der Waals surface area contributed by atoms with Crippen LogP contribution in [0.1, 0.15) is 27.8 Å². The molecule has 33 heavy (non-hydrogen) atoms. The van der Waals surface area contributed by atoms with Gasteiger partial charge < -0.3 is 5.32 Å². The molecule has 5 aromatic carbocycles. The molecular formula is C32H23N. The monoisotopic (exact) mass is 421 g/mol. The van der Waals surface area contributed by atoms with Crippen LogP contribution in [0.2, 0.25) is 0 Å². The third kappa shape index (κ3) is 2.37. The van der Waals surface area contributed by atoms with Gasteiger partial charge in [-0.2, -0.15) is 0 Å². The zero-order valence-electron chi connectivity index (χ0n) is 18.5. The van der Waals surface area contributed by atoms with Crippen molar-refractivity contribution < 1.29 is 0 Å². The van der Waals surface area contributed by atoms with E-state index in [9.17, 15) is 0 Å². The zero-order chi connectivity index (χ0) is 22.0. The first-order valence-corrected chi connectivity index (χ1v) is 11.5. The van der Waals surface area contributed by atoms with Crippen LogP contribution in [0, 0.1) is 6.92 Å². The number of hydrogen-bond acceptors (Lipinski definition) is 1. The molecule has 0 heterocycles. The van der Waals surface area contributed by atoms with E-state index >= 15 is 0 Å². The third-order valence-electron chi connectivity index (χ3n) is 7.35. The standard InChI is InChI=1S/C32H23N/c1-21-17-19-22(20-18-21)33-30-16-8-15-29-31(30)25-11-4-7-14-28(25)32(29)26-12-5-2-9-23(26)24-10-3-6-13-27(24)32/h2-20,33H,1H3. The van der Waals surface area contributed by atoms with Crippen molar-refractivity contribution in [2.24, 2.45) is 0 Å². The maximum Gasteiger partial charge on any atom is 0.0726 e. The Morgan fingerprint density at radius 2 is 1.00 bits per heavy atom. The highest BCUT2D eigenvalue weighted by Crippen LogP contribution is 2.63. The van der Waals surface area contributed by atoms with Gasteiger partial charge in [0.15, 0.2) is 0 Å². The van der Waals surface area contributed by atoms with Crippen molar-refractivity contribution in [2.75, 3.05) is 5.32 Å². The van der Waals surface area contributed by atoms with Gasteiger partial charge in [0, 0.05) is 16.9 Å². The molecule has 0 bridgehead atoms. The average Bonchev–Trinajstić information content (AvgIpc) is 3.34. The summed E-state index contributed by atoms with van der Waals surface area (Å²) >= 11 is 0. The van der Waals surface area contributed by atoms with Crippen LogP contribution in [0.5, 0.6) is 0 Å². The van der Waals surface area contributed by atoms with Crippen molar-refractivity contribution in [1.29, 1.82) is 0 Å². The number of rotatable bonds is 2. The van der Waals surface area contributed by atoms with Crippen LogP contribution in [0.15, 0.2) is 115 Å². The summed E-state index contributed by atoms with van der Waals surface area (Å²) in [4.78, 5) is 0. The predicted molar refractivity (Wildman–Crippen MR) is 137 cm³/mol. The number of fused-ring (bicyclic) bond motifs is 10. The summed E-state index contributed by atoms with van der Waals surface area (Å²) in [5, 5.41) is 3.73. The maximum atomic E-state index is 3.73. The second kappa shape index (κ2) is 6.70. The second-order valence-electron chi connectivity index (χ2n) is 9.11. The number of nitrogens with one attached hydrogen (secondary N) is 1. The van der Waals surface area contributed by atoms with Gasteiger partial charge in [0.25, 0.3) is 0 Å². The minimum atomic E-state index is -0.288. The van der Waals surface area contributed by atoms with Gasteiger partial charge in [-0.1, -0.05) is 103 Å². The minimum absolute atomic E-state index is 0.288. The maximum absolute atomic E-state index is 3.73. The van der Waals surface area contributed by atoms with Gasteiger partial charge in [-0.05, 0) is 64.1 Å². The number of anilines is 2. The summed E-state index contributed by atoms with van der Waals surface area (Å²) < 4.78 is 0. The van der Waals surface area contributed by atoms with Gasteiger partial charge in [0.1, 0.15) is 0 Å². The fraction of sp³-hybridized carbons (Fsp3) is 0.0625. The fourth-order valence-electron chi connectivity index (χ4n) is 6.04. The lowest BCUT2D eigenvalue weighted by atomic mass is 9.70. The molecule has 5 aromatic rings. The fourth-order valence-corrected chi connectivity index (χ4v) is 6.04. The second-order valence-corrected chi connectivity index (χ2v) is 9.11. The van der Waals surface area contributed by atoms with Crippen LogP contribution < -0.4 is 5.32 Å². The molecule has 1 nitrogen and oxygen atoms in total. The van der Waals surface area contributed by atoms with Crippen molar-refractivity contribution in [2.45, 2.75) is 12.3 Å². The van der Waals surface area contributed by atoms with Crippen LogP contribution >= 0.6 is 0 Å². The predicted octanol–water partition coefficient (Wildman–Crippen LogP) is 8.08. The van der Waals surface area contributed by atoms with E-state index in [0.29, 0.717) is 0 Å². The lowest BCUT2D eigenvalue weighted by Crippen LogP contribution is -2.25. The van der Waals surface area contributed by atoms with Crippen LogP contribution in [-0.4, -0.2) is 0 Å². The molecule has 2 aliphatic rings. The van der Waals surface area contributed by atoms with E-state index in [1.165, 1.54) is 50.1 Å². The van der Waals surface area contributed by atoms with E-state index in [1.807, 2.05) is 0 Å². The number of benzene rings is 5. The zero-order valence-corrected chi connectivity index (χ0v) is 18.5. The van der Waals surface area contributed by atoms with Gasteiger partial charge >= 0.3 is 0 Å². The first-order chi connectivity index (χ1) is 16.3. The Labute approximate surface area is 194 Å². The van der Waals surface area contributed by atoms with Crippen LogP contribution in [-0.2, 0) is 5.41 Å². The van der Waals surface area contributed by atoms with E-state index in [1.54, 1.807) is 0 Å². The molecule has 2 aliphatic carbocycles. The molecule has 7 rings (SSSR count). The minimum Gasteiger partial charge on any atom is -0.355 e. The molecular weight excluding hydrogens is 398 g/mol. The van der Waals surface area contributed by atoms with E-state index in [-0.39, 0.29) is 5.41 Å². The van der Waals surface area contributed by atoms with Gasteiger partial charge in [-0.25, -0.2) is 0 Å². The van der Waals surface area contributed by atoms with Crippen LogP contribution in [0.3, 0.4) is 0 Å². The van der Waals surface area contributed by atoms with Gasteiger partial charge in [-0.15, -0.1) is 0 Å². The summed E-state index contributed by atoms with van der Waals surface area (Å²) in [6, 6.07) is 42.2. The quantitative estimate of drug-likeness (QED) is 0.297. The van der Waals surface area contributed by atoms with Gasteiger partial charge in [0.05, 0.1) is 5.41 Å². The van der Waals surface area contributed by atoms with Crippen LogP contribution in [0.25, 0.3) is 22.3 Å². The Morgan fingerprint density at radius 1 is 0.485 bits per heavy atom. The molecule has 0 saturated heterocycles. The largest absolute Gasteiger partial charge is 0.355 e. The average molecular weight is 422 g/mol. The van der Waals surface area contributed by atoms with Crippen molar-refractivity contribution in [3.63, 3.8) is 0 Å². The molecule has 1 spiro atoms. The highest BCUT2D eigenvalue weighted by molar-refractivity contribution is 5.99. The Bertz CT molecular complexity index is 1500. The van der Waals surface area contributed by atoms with E-state index in [2.05, 4.69) is 128 Å². The summed E-state index contributed by atoms with van der Waals surface area (Å²) in [6.07, 6.45) is 0. The van der Waals surface area contributed by atoms with Crippen molar-refractivity contribution >= 4 is 11.4 Å². The first-order valence-electron chi connectivity index (χ1n) is 11.5. The molecule has 156 valence electrons. The molecule has 1 N–H and O–H groups in total. The lowest BCUT2D eigenvalue weighted by Gasteiger charge is -2.30. The Kier molecular flexibility index (Phi) is 3.75. The molecule has 0 unspecified atom stereocenters. The lowest BCUT2D eigenvalue weighted by molar-refractivity contribution is 0.794. The molecule has 0 saturated carbocycles. The van der Waals surface area contributed by atoms with Crippen molar-refractivity contribution in [3.05, 3.63) is 143 Å². The van der Waals surface area contributed by atoms with Gasteiger partial charge in [0.2, 0.25) is 0 Å². The van der Waals surface area contributed by atoms with E-state index < -0.39 is 0 Å². The van der Waals surface area contributed by atoms with Crippen LogP contribution in [0.4, 0.5) is 11.4 Å². The molecule has 1 heteroatoms. The Hall–Kier alpha value is -4.10. The topological polar surface area (TPSA) is 12.0 Å². The number of aryl methyl sites for hydroxylation is 1. The molecule has 0 amide bonds. The molecule has 0 atom stereocenters. The normalized spacial score (nSPS) is 13.8. The van der Waals surface area contributed by atoms with Crippen molar-refractivity contribution in [3.8, 4) is 22.3 Å². The van der Waals surface area contributed by atoms with Crippen molar-refractivity contribution in [1.82, 2.24) is 0 Å². The first kappa shape index (κ1) is 18.5. The number of hydrogen-bond donors (Lipinski definition) is 1. The van der Waals surface area contributed by atoms with E-state index in [0.717, 1.165) is 11.4 Å². The van der Waals surface area contributed by atoms with E-state index in [4.69, 9.17) is 0 Å². The summed E-state index contributed by atoms with van der Waals surface area (Å²) in [5.41, 5.74) is 14.0. The SMILES string of the molecule is Cc1ccc(Nc2cccc3c2-c2ccccc2C32c3ccccc3-c3ccccc32)cc1. The molecule has 0 fully saturated rings.